The summed E-state index contributed by atoms with van der Waals surface area (Å²) in [5.41, 5.74) is -0.187. The average molecular weight is 271 g/mol. The number of rotatable bonds is 6. The molecular weight excluding hydrogens is 256 g/mol. The van der Waals surface area contributed by atoms with Gasteiger partial charge in [-0.2, -0.15) is 0 Å². The van der Waals surface area contributed by atoms with Gasteiger partial charge in [-0.15, -0.1) is 0 Å². The van der Waals surface area contributed by atoms with Crippen molar-refractivity contribution in [2.75, 3.05) is 6.54 Å². The first-order valence-electron chi connectivity index (χ1n) is 5.88. The van der Waals surface area contributed by atoms with Crippen molar-refractivity contribution < 1.29 is 23.5 Å². The number of amides is 1. The highest BCUT2D eigenvalue weighted by Crippen LogP contribution is 2.15. The molecule has 1 N–H and O–H groups in total. The van der Waals surface area contributed by atoms with Gasteiger partial charge in [0, 0.05) is 18.5 Å². The number of benzene rings is 1. The quantitative estimate of drug-likeness (QED) is 0.862. The van der Waals surface area contributed by atoms with Gasteiger partial charge >= 0.3 is 5.97 Å². The minimum atomic E-state index is -1.08. The van der Waals surface area contributed by atoms with Crippen LogP contribution in [0.5, 0.6) is 0 Å². The van der Waals surface area contributed by atoms with E-state index in [1.54, 1.807) is 6.92 Å². The van der Waals surface area contributed by atoms with E-state index in [1.807, 2.05) is 0 Å². The molecule has 1 aromatic carbocycles. The Labute approximate surface area is 109 Å². The molecule has 1 aromatic rings. The predicted molar refractivity (Wildman–Crippen MR) is 64.3 cm³/mol. The van der Waals surface area contributed by atoms with Crippen molar-refractivity contribution in [3.63, 3.8) is 0 Å². The molecule has 1 amide bonds. The smallest absolute Gasteiger partial charge is 0.303 e. The number of hydrogen-bond acceptors (Lipinski definition) is 2. The Morgan fingerprint density at radius 1 is 1.21 bits per heavy atom. The highest BCUT2D eigenvalue weighted by Gasteiger charge is 2.17. The molecule has 0 aliphatic carbocycles. The Bertz CT molecular complexity index is 457. The highest BCUT2D eigenvalue weighted by atomic mass is 19.1. The van der Waals surface area contributed by atoms with E-state index in [0.717, 1.165) is 12.1 Å². The first kappa shape index (κ1) is 15.1. The normalized spacial score (nSPS) is 10.3. The van der Waals surface area contributed by atoms with Crippen LogP contribution in [0.25, 0.3) is 0 Å². The molecule has 104 valence electrons. The zero-order valence-electron chi connectivity index (χ0n) is 10.5. The number of hydrogen-bond donors (Lipinski definition) is 1. The third-order valence-corrected chi connectivity index (χ3v) is 2.70. The molecule has 19 heavy (non-hydrogen) atoms. The molecule has 0 aliphatic rings. The van der Waals surface area contributed by atoms with E-state index in [2.05, 4.69) is 0 Å². The lowest BCUT2D eigenvalue weighted by atomic mass is 10.1. The minimum absolute atomic E-state index is 0.181. The third-order valence-electron chi connectivity index (χ3n) is 2.70. The monoisotopic (exact) mass is 271 g/mol. The van der Waals surface area contributed by atoms with E-state index in [-0.39, 0.29) is 31.5 Å². The van der Waals surface area contributed by atoms with E-state index in [1.165, 1.54) is 11.0 Å². The number of halogens is 2. The summed E-state index contributed by atoms with van der Waals surface area (Å²) < 4.78 is 26.9. The molecule has 0 spiro atoms. The molecule has 0 saturated heterocycles. The topological polar surface area (TPSA) is 57.6 Å². The van der Waals surface area contributed by atoms with Gasteiger partial charge in [0.2, 0.25) is 5.91 Å². The number of nitrogens with zero attached hydrogens (tertiary/aromatic N) is 1. The SMILES string of the molecule is CCN(Cc1c(F)cccc1F)C(=O)CCC(=O)O. The molecule has 0 saturated carbocycles. The van der Waals surface area contributed by atoms with Gasteiger partial charge < -0.3 is 10.0 Å². The second-order valence-corrected chi connectivity index (χ2v) is 4.00. The van der Waals surface area contributed by atoms with E-state index in [9.17, 15) is 18.4 Å². The molecule has 0 unspecified atom stereocenters. The highest BCUT2D eigenvalue weighted by molar-refractivity contribution is 5.80. The van der Waals surface area contributed by atoms with Crippen molar-refractivity contribution in [3.8, 4) is 0 Å². The van der Waals surface area contributed by atoms with Crippen molar-refractivity contribution in [3.05, 3.63) is 35.4 Å². The van der Waals surface area contributed by atoms with Crippen molar-refractivity contribution in [2.45, 2.75) is 26.3 Å². The van der Waals surface area contributed by atoms with Crippen LogP contribution in [0.3, 0.4) is 0 Å². The third kappa shape index (κ3) is 4.31. The number of carbonyl (C=O) groups is 2. The van der Waals surface area contributed by atoms with E-state index >= 15 is 0 Å². The fourth-order valence-electron chi connectivity index (χ4n) is 1.62. The Kier molecular flexibility index (Phi) is 5.41. The fraction of sp³-hybridized carbons (Fsp3) is 0.385. The standard InChI is InChI=1S/C13H15F2NO3/c1-2-16(12(17)6-7-13(18)19)8-9-10(14)4-3-5-11(9)15/h3-5H,2,6-8H2,1H3,(H,18,19). The maximum absolute atomic E-state index is 13.5. The van der Waals surface area contributed by atoms with E-state index < -0.39 is 23.5 Å². The van der Waals surface area contributed by atoms with Gasteiger partial charge in [0.15, 0.2) is 0 Å². The Morgan fingerprint density at radius 2 is 1.79 bits per heavy atom. The summed E-state index contributed by atoms with van der Waals surface area (Å²) in [6.07, 6.45) is -0.478. The summed E-state index contributed by atoms with van der Waals surface area (Å²) >= 11 is 0. The first-order chi connectivity index (χ1) is 8.95. The maximum Gasteiger partial charge on any atom is 0.303 e. The Morgan fingerprint density at radius 3 is 2.26 bits per heavy atom. The second-order valence-electron chi connectivity index (χ2n) is 4.00. The molecule has 0 fully saturated rings. The summed E-state index contributed by atoms with van der Waals surface area (Å²) in [7, 11) is 0. The van der Waals surface area contributed by atoms with Crippen LogP contribution < -0.4 is 0 Å². The summed E-state index contributed by atoms with van der Waals surface area (Å²) in [4.78, 5) is 23.3. The summed E-state index contributed by atoms with van der Waals surface area (Å²) in [5, 5.41) is 8.50. The van der Waals surface area contributed by atoms with Crippen LogP contribution in [0.2, 0.25) is 0 Å². The van der Waals surface area contributed by atoms with E-state index in [4.69, 9.17) is 5.11 Å². The lowest BCUT2D eigenvalue weighted by Crippen LogP contribution is -2.31. The molecule has 0 radical (unpaired) electrons. The molecule has 6 heteroatoms. The summed E-state index contributed by atoms with van der Waals surface area (Å²) in [5.74, 6) is -2.96. The molecular formula is C13H15F2NO3. The van der Waals surface area contributed by atoms with E-state index in [0.29, 0.717) is 0 Å². The lowest BCUT2D eigenvalue weighted by Gasteiger charge is -2.21. The van der Waals surface area contributed by atoms with Crippen LogP contribution in [0, 0.1) is 11.6 Å². The van der Waals surface area contributed by atoms with Crippen molar-refractivity contribution >= 4 is 11.9 Å². The van der Waals surface area contributed by atoms with Crippen LogP contribution >= 0.6 is 0 Å². The number of aliphatic carboxylic acids is 1. The molecule has 0 aliphatic heterocycles. The molecule has 0 heterocycles. The van der Waals surface area contributed by atoms with Crippen LogP contribution in [0.15, 0.2) is 18.2 Å². The summed E-state index contributed by atoms with van der Waals surface area (Å²) in [6.45, 7) is 1.72. The Balaban J connectivity index is 2.76. The molecule has 0 bridgehead atoms. The predicted octanol–water partition coefficient (Wildman–Crippen LogP) is 2.18. The van der Waals surface area contributed by atoms with Crippen molar-refractivity contribution in [1.29, 1.82) is 0 Å². The molecule has 0 aromatic heterocycles. The van der Waals surface area contributed by atoms with Gasteiger partial charge in [-0.3, -0.25) is 9.59 Å². The van der Waals surface area contributed by atoms with Gasteiger partial charge in [-0.05, 0) is 19.1 Å². The fourth-order valence-corrected chi connectivity index (χ4v) is 1.62. The van der Waals surface area contributed by atoms with Gasteiger partial charge in [0.25, 0.3) is 0 Å². The number of carbonyl (C=O) groups excluding carboxylic acids is 1. The zero-order chi connectivity index (χ0) is 14.4. The average Bonchev–Trinajstić information content (AvgIpc) is 2.35. The molecule has 1 rings (SSSR count). The number of carboxylic acid groups (broad SMARTS) is 1. The second kappa shape index (κ2) is 6.82. The van der Waals surface area contributed by atoms with Gasteiger partial charge in [0.05, 0.1) is 13.0 Å². The van der Waals surface area contributed by atoms with Crippen LogP contribution in [0.1, 0.15) is 25.3 Å². The Hall–Kier alpha value is -1.98. The van der Waals surface area contributed by atoms with Crippen LogP contribution in [0.4, 0.5) is 8.78 Å². The van der Waals surface area contributed by atoms with Crippen LogP contribution in [-0.2, 0) is 16.1 Å². The van der Waals surface area contributed by atoms with Gasteiger partial charge in [-0.1, -0.05) is 6.07 Å². The molecule has 0 atom stereocenters. The van der Waals surface area contributed by atoms with Crippen LogP contribution in [-0.4, -0.2) is 28.4 Å². The minimum Gasteiger partial charge on any atom is -0.481 e. The lowest BCUT2D eigenvalue weighted by molar-refractivity contribution is -0.141. The largest absolute Gasteiger partial charge is 0.481 e. The van der Waals surface area contributed by atoms with Gasteiger partial charge in [-0.25, -0.2) is 8.78 Å². The molecule has 4 nitrogen and oxygen atoms in total. The van der Waals surface area contributed by atoms with Crippen molar-refractivity contribution in [1.82, 2.24) is 4.90 Å². The zero-order valence-corrected chi connectivity index (χ0v) is 10.5. The maximum atomic E-state index is 13.5. The summed E-state index contributed by atoms with van der Waals surface area (Å²) in [6, 6.07) is 3.48. The van der Waals surface area contributed by atoms with Crippen molar-refractivity contribution in [2.24, 2.45) is 0 Å². The first-order valence-corrected chi connectivity index (χ1v) is 5.88. The number of carboxylic acids is 1. The van der Waals surface area contributed by atoms with Gasteiger partial charge in [0.1, 0.15) is 11.6 Å².